The Kier molecular flexibility index (Phi) is 3.07. The Morgan fingerprint density at radius 3 is 2.61 bits per heavy atom. The number of carbonyl (C=O) groups is 1. The zero-order valence-corrected chi connectivity index (χ0v) is 11.1. The lowest BCUT2D eigenvalue weighted by atomic mass is 9.82. The molecule has 0 saturated carbocycles. The number of likely N-dealkylation sites (tertiary alicyclic amines) is 1. The quantitative estimate of drug-likeness (QED) is 0.778. The number of hydrogen-bond acceptors (Lipinski definition) is 3. The Balaban J connectivity index is 2.13. The van der Waals surface area contributed by atoms with Crippen LogP contribution in [0.25, 0.3) is 0 Å². The highest BCUT2D eigenvalue weighted by atomic mass is 16.3. The van der Waals surface area contributed by atoms with Gasteiger partial charge in [-0.1, -0.05) is 25.5 Å². The third-order valence-corrected chi connectivity index (χ3v) is 3.73. The highest BCUT2D eigenvalue weighted by Crippen LogP contribution is 2.30. The summed E-state index contributed by atoms with van der Waals surface area (Å²) in [7, 11) is 0. The van der Waals surface area contributed by atoms with E-state index in [0.717, 1.165) is 5.56 Å². The molecule has 0 unspecified atom stereocenters. The van der Waals surface area contributed by atoms with Gasteiger partial charge in [-0.2, -0.15) is 0 Å². The van der Waals surface area contributed by atoms with Gasteiger partial charge in [0.25, 0.3) is 5.91 Å². The van der Waals surface area contributed by atoms with Crippen LogP contribution in [0, 0.1) is 12.8 Å². The highest BCUT2D eigenvalue weighted by molar-refractivity contribution is 5.99. The van der Waals surface area contributed by atoms with Crippen molar-refractivity contribution in [3.05, 3.63) is 29.3 Å². The van der Waals surface area contributed by atoms with E-state index in [0.29, 0.717) is 24.3 Å². The average Bonchev–Trinajstić information content (AvgIpc) is 2.27. The Labute approximate surface area is 107 Å². The Morgan fingerprint density at radius 2 is 2.06 bits per heavy atom. The van der Waals surface area contributed by atoms with Crippen molar-refractivity contribution in [3.63, 3.8) is 0 Å². The van der Waals surface area contributed by atoms with Crippen molar-refractivity contribution in [1.29, 1.82) is 0 Å². The maximum Gasteiger partial charge on any atom is 0.256 e. The van der Waals surface area contributed by atoms with Gasteiger partial charge in [0.2, 0.25) is 0 Å². The molecule has 4 heteroatoms. The van der Waals surface area contributed by atoms with Crippen molar-refractivity contribution < 1.29 is 9.90 Å². The van der Waals surface area contributed by atoms with Crippen LogP contribution in [0.3, 0.4) is 0 Å². The number of benzene rings is 1. The lowest BCUT2D eigenvalue weighted by molar-refractivity contribution is -0.110. The van der Waals surface area contributed by atoms with Crippen LogP contribution in [-0.2, 0) is 0 Å². The highest BCUT2D eigenvalue weighted by Gasteiger charge is 2.46. The molecule has 1 aromatic carbocycles. The molecule has 1 amide bonds. The Morgan fingerprint density at radius 1 is 1.44 bits per heavy atom. The second kappa shape index (κ2) is 4.28. The van der Waals surface area contributed by atoms with E-state index in [1.54, 1.807) is 17.0 Å². The second-order valence-electron chi connectivity index (χ2n) is 5.51. The number of β-amino-alcohol motifs (C(OH)–C–C–N with tert-alkyl or cyclic N) is 1. The molecule has 1 aromatic rings. The van der Waals surface area contributed by atoms with Crippen molar-refractivity contribution in [2.24, 2.45) is 5.92 Å². The molecule has 1 fully saturated rings. The lowest BCUT2D eigenvalue weighted by Gasteiger charge is -2.49. The average molecular weight is 248 g/mol. The first-order chi connectivity index (χ1) is 8.33. The van der Waals surface area contributed by atoms with Crippen LogP contribution in [0.5, 0.6) is 0 Å². The van der Waals surface area contributed by atoms with E-state index in [4.69, 9.17) is 5.73 Å². The van der Waals surface area contributed by atoms with Crippen LogP contribution < -0.4 is 5.73 Å². The van der Waals surface area contributed by atoms with Gasteiger partial charge in [0.15, 0.2) is 0 Å². The van der Waals surface area contributed by atoms with Crippen molar-refractivity contribution in [2.45, 2.75) is 26.4 Å². The van der Waals surface area contributed by atoms with Gasteiger partial charge in [-0.15, -0.1) is 0 Å². The summed E-state index contributed by atoms with van der Waals surface area (Å²) in [6.45, 7) is 6.62. The summed E-state index contributed by atoms with van der Waals surface area (Å²) in [6.07, 6.45) is 0. The number of anilines is 1. The van der Waals surface area contributed by atoms with E-state index < -0.39 is 5.60 Å². The maximum atomic E-state index is 12.2. The fourth-order valence-corrected chi connectivity index (χ4v) is 2.15. The van der Waals surface area contributed by atoms with Crippen LogP contribution in [0.1, 0.15) is 29.8 Å². The van der Waals surface area contributed by atoms with Gasteiger partial charge < -0.3 is 15.7 Å². The number of rotatable bonds is 2. The van der Waals surface area contributed by atoms with Gasteiger partial charge in [0.1, 0.15) is 5.60 Å². The van der Waals surface area contributed by atoms with E-state index in [-0.39, 0.29) is 11.8 Å². The number of aryl methyl sites for hydroxylation is 1. The first-order valence-electron chi connectivity index (χ1n) is 6.21. The summed E-state index contributed by atoms with van der Waals surface area (Å²) in [5.74, 6) is 0.0536. The van der Waals surface area contributed by atoms with Crippen LogP contribution in [0.2, 0.25) is 0 Å². The van der Waals surface area contributed by atoms with Gasteiger partial charge in [-0.3, -0.25) is 4.79 Å². The number of nitrogens with two attached hydrogens (primary N) is 1. The van der Waals surface area contributed by atoms with E-state index in [9.17, 15) is 9.90 Å². The molecule has 0 aliphatic carbocycles. The molecule has 1 aliphatic heterocycles. The minimum absolute atomic E-state index is 0.0958. The van der Waals surface area contributed by atoms with Gasteiger partial charge in [0.05, 0.1) is 18.7 Å². The van der Waals surface area contributed by atoms with E-state index in [1.165, 1.54) is 0 Å². The zero-order valence-electron chi connectivity index (χ0n) is 11.1. The van der Waals surface area contributed by atoms with Crippen LogP contribution >= 0.6 is 0 Å². The Bertz CT molecular complexity index is 477. The number of hydrogen-bond donors (Lipinski definition) is 2. The molecule has 0 bridgehead atoms. The standard InChI is InChI=1S/C14H20N2O2/c1-9(2)14(18)7-16(8-14)13(17)11-6-10(3)4-5-12(11)15/h4-6,9,18H,7-8,15H2,1-3H3. The maximum absolute atomic E-state index is 12.2. The molecule has 1 saturated heterocycles. The SMILES string of the molecule is Cc1ccc(N)c(C(=O)N2CC(O)(C(C)C)C2)c1. The molecule has 0 radical (unpaired) electrons. The second-order valence-corrected chi connectivity index (χ2v) is 5.51. The summed E-state index contributed by atoms with van der Waals surface area (Å²) in [4.78, 5) is 13.9. The zero-order chi connectivity index (χ0) is 13.5. The largest absolute Gasteiger partial charge is 0.398 e. The molecular formula is C14H20N2O2. The van der Waals surface area contributed by atoms with Gasteiger partial charge in [0, 0.05) is 5.69 Å². The number of amides is 1. The fraction of sp³-hybridized carbons (Fsp3) is 0.500. The normalized spacial score (nSPS) is 17.7. The third-order valence-electron chi connectivity index (χ3n) is 3.73. The van der Waals surface area contributed by atoms with Gasteiger partial charge in [-0.25, -0.2) is 0 Å². The van der Waals surface area contributed by atoms with Crippen LogP contribution in [0.15, 0.2) is 18.2 Å². The fourth-order valence-electron chi connectivity index (χ4n) is 2.15. The first-order valence-corrected chi connectivity index (χ1v) is 6.21. The number of nitrogens with zero attached hydrogens (tertiary/aromatic N) is 1. The lowest BCUT2D eigenvalue weighted by Crippen LogP contribution is -2.66. The summed E-state index contributed by atoms with van der Waals surface area (Å²) < 4.78 is 0. The predicted molar refractivity (Wildman–Crippen MR) is 71.3 cm³/mol. The smallest absolute Gasteiger partial charge is 0.256 e. The van der Waals surface area contributed by atoms with Crippen molar-refractivity contribution in [1.82, 2.24) is 4.90 Å². The molecule has 2 rings (SSSR count). The summed E-state index contributed by atoms with van der Waals surface area (Å²) in [5, 5.41) is 10.2. The molecule has 0 spiro atoms. The molecule has 98 valence electrons. The molecule has 1 aliphatic rings. The summed E-state index contributed by atoms with van der Waals surface area (Å²) in [5.41, 5.74) is 7.11. The van der Waals surface area contributed by atoms with Crippen LogP contribution in [-0.4, -0.2) is 34.6 Å². The summed E-state index contributed by atoms with van der Waals surface area (Å²) >= 11 is 0. The van der Waals surface area contributed by atoms with Gasteiger partial charge in [-0.05, 0) is 25.0 Å². The Hall–Kier alpha value is -1.55. The van der Waals surface area contributed by atoms with Crippen molar-refractivity contribution in [2.75, 3.05) is 18.8 Å². The van der Waals surface area contributed by atoms with Crippen molar-refractivity contribution in [3.8, 4) is 0 Å². The molecule has 0 atom stereocenters. The minimum Gasteiger partial charge on any atom is -0.398 e. The monoisotopic (exact) mass is 248 g/mol. The summed E-state index contributed by atoms with van der Waals surface area (Å²) in [6, 6.07) is 5.42. The number of nitrogen functional groups attached to an aromatic ring is 1. The molecule has 0 aromatic heterocycles. The van der Waals surface area contributed by atoms with E-state index in [2.05, 4.69) is 0 Å². The number of carbonyl (C=O) groups excluding carboxylic acids is 1. The van der Waals surface area contributed by atoms with Crippen LogP contribution in [0.4, 0.5) is 5.69 Å². The third kappa shape index (κ3) is 2.08. The molecule has 18 heavy (non-hydrogen) atoms. The molecule has 3 N–H and O–H groups in total. The molecule has 4 nitrogen and oxygen atoms in total. The molecular weight excluding hydrogens is 228 g/mol. The van der Waals surface area contributed by atoms with E-state index >= 15 is 0 Å². The van der Waals surface area contributed by atoms with E-state index in [1.807, 2.05) is 26.8 Å². The molecule has 1 heterocycles. The number of aliphatic hydroxyl groups is 1. The van der Waals surface area contributed by atoms with Crippen molar-refractivity contribution >= 4 is 11.6 Å². The minimum atomic E-state index is -0.742. The predicted octanol–water partition coefficient (Wildman–Crippen LogP) is 1.42. The first kappa shape index (κ1) is 12.9. The topological polar surface area (TPSA) is 66.6 Å². The van der Waals surface area contributed by atoms with Gasteiger partial charge >= 0.3 is 0 Å².